The number of methoxy groups -OCH3 is 1. The van der Waals surface area contributed by atoms with Crippen molar-refractivity contribution in [2.24, 2.45) is 0 Å². The summed E-state index contributed by atoms with van der Waals surface area (Å²) in [7, 11) is 1.21. The smallest absolute Gasteiger partial charge is 0.408 e. The summed E-state index contributed by atoms with van der Waals surface area (Å²) in [6, 6.07) is 6.17. The minimum Gasteiger partial charge on any atom is -0.467 e. The molecular formula is C27H40N2O10S. The fourth-order valence-corrected chi connectivity index (χ4v) is 3.77. The molecule has 1 aromatic carbocycles. The van der Waals surface area contributed by atoms with E-state index < -0.39 is 53.4 Å². The zero-order valence-electron chi connectivity index (χ0n) is 24.1. The highest BCUT2D eigenvalue weighted by molar-refractivity contribution is 7.99. The van der Waals surface area contributed by atoms with Crippen LogP contribution in [-0.4, -0.2) is 78.6 Å². The van der Waals surface area contributed by atoms with Gasteiger partial charge in [0, 0.05) is 5.75 Å². The first-order chi connectivity index (χ1) is 18.6. The number of carbonyl (C=O) groups is 5. The van der Waals surface area contributed by atoms with Crippen LogP contribution >= 0.6 is 11.8 Å². The summed E-state index contributed by atoms with van der Waals surface area (Å²) in [5, 5.41) is 4.68. The van der Waals surface area contributed by atoms with Crippen LogP contribution in [0.4, 0.5) is 9.59 Å². The van der Waals surface area contributed by atoms with Crippen LogP contribution in [0.1, 0.15) is 53.5 Å². The molecule has 1 rings (SSSR count). The van der Waals surface area contributed by atoms with E-state index in [-0.39, 0.29) is 19.0 Å². The number of alkyl carbamates (subject to hydrolysis) is 2. The number of thioether (sulfide) groups is 1. The minimum atomic E-state index is -1.73. The van der Waals surface area contributed by atoms with Gasteiger partial charge in [0.25, 0.3) is 0 Å². The lowest BCUT2D eigenvalue weighted by molar-refractivity contribution is -0.159. The molecule has 0 aliphatic rings. The molecule has 2 atom stereocenters. The van der Waals surface area contributed by atoms with Crippen LogP contribution in [-0.2, 0) is 44.7 Å². The third-order valence-electron chi connectivity index (χ3n) is 4.49. The van der Waals surface area contributed by atoms with Crippen molar-refractivity contribution in [2.45, 2.75) is 77.9 Å². The third-order valence-corrected chi connectivity index (χ3v) is 5.64. The Kier molecular flexibility index (Phi) is 14.3. The Hall–Kier alpha value is -3.48. The SMILES string of the molecule is COC(=O)[C@H](CSCCCOC(=O)[C@H](NC(=O)OC(C)(C)C)C(=O)OCc1ccccc1)NC(=O)OC(C)(C)C. The second-order valence-corrected chi connectivity index (χ2v) is 11.6. The molecule has 1 aromatic rings. The average molecular weight is 585 g/mol. The van der Waals surface area contributed by atoms with Gasteiger partial charge in [-0.2, -0.15) is 11.8 Å². The number of esters is 3. The molecule has 2 N–H and O–H groups in total. The number of carbonyl (C=O) groups excluding carboxylic acids is 5. The molecule has 0 saturated carbocycles. The predicted molar refractivity (Wildman–Crippen MR) is 147 cm³/mol. The lowest BCUT2D eigenvalue weighted by Crippen LogP contribution is -2.49. The van der Waals surface area contributed by atoms with Crippen LogP contribution in [0.3, 0.4) is 0 Å². The van der Waals surface area contributed by atoms with Gasteiger partial charge >= 0.3 is 30.1 Å². The normalized spacial score (nSPS) is 12.8. The topological polar surface area (TPSA) is 156 Å². The monoisotopic (exact) mass is 584 g/mol. The van der Waals surface area contributed by atoms with E-state index in [4.69, 9.17) is 23.7 Å². The standard InChI is InChI=1S/C27H40N2O10S/c1-26(2,3)38-24(33)28-19(21(30)35-7)17-40-15-11-14-36-22(31)20(29-25(34)39-27(4,5)6)23(32)37-16-18-12-9-8-10-13-18/h8-10,12-13,19-20H,11,14-17H2,1-7H3,(H,28,33)(H,29,34)/t19-,20-/m0/s1. The van der Waals surface area contributed by atoms with Gasteiger partial charge in [-0.15, -0.1) is 0 Å². The molecule has 12 nitrogen and oxygen atoms in total. The van der Waals surface area contributed by atoms with Crippen molar-refractivity contribution in [3.8, 4) is 0 Å². The quantitative estimate of drug-likeness (QED) is 0.152. The van der Waals surface area contributed by atoms with E-state index >= 15 is 0 Å². The molecular weight excluding hydrogens is 544 g/mol. The molecule has 0 radical (unpaired) electrons. The van der Waals surface area contributed by atoms with Crippen molar-refractivity contribution in [3.63, 3.8) is 0 Å². The molecule has 0 aliphatic heterocycles. The predicted octanol–water partition coefficient (Wildman–Crippen LogP) is 3.36. The van der Waals surface area contributed by atoms with E-state index in [1.807, 2.05) is 0 Å². The highest BCUT2D eigenvalue weighted by Crippen LogP contribution is 2.11. The van der Waals surface area contributed by atoms with Crippen molar-refractivity contribution < 1.29 is 47.7 Å². The van der Waals surface area contributed by atoms with E-state index in [9.17, 15) is 24.0 Å². The maximum Gasteiger partial charge on any atom is 0.408 e. The summed E-state index contributed by atoms with van der Waals surface area (Å²) < 4.78 is 25.5. The van der Waals surface area contributed by atoms with Crippen molar-refractivity contribution in [1.82, 2.24) is 10.6 Å². The number of hydrogen-bond donors (Lipinski definition) is 2. The summed E-state index contributed by atoms with van der Waals surface area (Å²) in [5.74, 6) is -2.00. The summed E-state index contributed by atoms with van der Waals surface area (Å²) in [4.78, 5) is 61.6. The fraction of sp³-hybridized carbons (Fsp3) is 0.593. The van der Waals surface area contributed by atoms with Crippen LogP contribution in [0, 0.1) is 0 Å². The van der Waals surface area contributed by atoms with Gasteiger partial charge in [0.05, 0.1) is 13.7 Å². The number of nitrogens with one attached hydrogen (secondary N) is 2. The van der Waals surface area contributed by atoms with E-state index in [2.05, 4.69) is 10.6 Å². The number of ether oxygens (including phenoxy) is 5. The Morgan fingerprint density at radius 1 is 0.800 bits per heavy atom. The Morgan fingerprint density at radius 3 is 1.90 bits per heavy atom. The second kappa shape index (κ2) is 16.6. The van der Waals surface area contributed by atoms with Crippen molar-refractivity contribution >= 4 is 41.9 Å². The van der Waals surface area contributed by atoms with Crippen LogP contribution in [0.15, 0.2) is 30.3 Å². The molecule has 2 amide bonds. The Labute approximate surface area is 239 Å². The average Bonchev–Trinajstić information content (AvgIpc) is 2.84. The molecule has 0 bridgehead atoms. The fourth-order valence-electron chi connectivity index (χ4n) is 2.83. The maximum absolute atomic E-state index is 12.7. The molecule has 0 unspecified atom stereocenters. The molecule has 224 valence electrons. The Morgan fingerprint density at radius 2 is 1.35 bits per heavy atom. The zero-order chi connectivity index (χ0) is 30.3. The first-order valence-electron chi connectivity index (χ1n) is 12.6. The summed E-state index contributed by atoms with van der Waals surface area (Å²) in [5.41, 5.74) is -0.889. The number of benzene rings is 1. The minimum absolute atomic E-state index is 0.0767. The molecule has 0 heterocycles. The van der Waals surface area contributed by atoms with Gasteiger partial charge in [-0.05, 0) is 59.3 Å². The molecule has 13 heteroatoms. The van der Waals surface area contributed by atoms with E-state index in [1.54, 1.807) is 71.9 Å². The largest absolute Gasteiger partial charge is 0.467 e. The first kappa shape index (κ1) is 34.5. The van der Waals surface area contributed by atoms with Gasteiger partial charge in [-0.3, -0.25) is 5.32 Å². The number of amides is 2. The number of hydrogen-bond acceptors (Lipinski definition) is 11. The van der Waals surface area contributed by atoms with E-state index in [0.29, 0.717) is 17.7 Å². The third kappa shape index (κ3) is 15.2. The Balaban J connectivity index is 2.62. The summed E-state index contributed by atoms with van der Waals surface area (Å²) >= 11 is 1.31. The van der Waals surface area contributed by atoms with Crippen LogP contribution in [0.2, 0.25) is 0 Å². The molecule has 40 heavy (non-hydrogen) atoms. The van der Waals surface area contributed by atoms with Gasteiger partial charge in [-0.25, -0.2) is 24.0 Å². The van der Waals surface area contributed by atoms with E-state index in [1.165, 1.54) is 18.9 Å². The second-order valence-electron chi connectivity index (χ2n) is 10.5. The van der Waals surface area contributed by atoms with Gasteiger partial charge < -0.3 is 29.0 Å². The van der Waals surface area contributed by atoms with Crippen molar-refractivity contribution in [3.05, 3.63) is 35.9 Å². The van der Waals surface area contributed by atoms with Crippen LogP contribution in [0.5, 0.6) is 0 Å². The van der Waals surface area contributed by atoms with Gasteiger partial charge in [-0.1, -0.05) is 30.3 Å². The van der Waals surface area contributed by atoms with Crippen molar-refractivity contribution in [1.29, 1.82) is 0 Å². The zero-order valence-corrected chi connectivity index (χ0v) is 24.9. The van der Waals surface area contributed by atoms with Crippen molar-refractivity contribution in [2.75, 3.05) is 25.2 Å². The highest BCUT2D eigenvalue weighted by Gasteiger charge is 2.33. The maximum atomic E-state index is 12.7. The molecule has 0 aliphatic carbocycles. The first-order valence-corrected chi connectivity index (χ1v) is 13.8. The van der Waals surface area contributed by atoms with Gasteiger partial charge in [0.1, 0.15) is 23.9 Å². The van der Waals surface area contributed by atoms with Crippen LogP contribution < -0.4 is 10.6 Å². The summed E-state index contributed by atoms with van der Waals surface area (Å²) in [6.45, 7) is 9.84. The lowest BCUT2D eigenvalue weighted by atomic mass is 10.2. The number of rotatable bonds is 13. The van der Waals surface area contributed by atoms with Gasteiger partial charge in [0.15, 0.2) is 0 Å². The molecule has 0 fully saturated rings. The van der Waals surface area contributed by atoms with Gasteiger partial charge in [0.2, 0.25) is 6.04 Å². The molecule has 0 aromatic heterocycles. The Bertz CT molecular complexity index is 989. The lowest BCUT2D eigenvalue weighted by Gasteiger charge is -2.22. The van der Waals surface area contributed by atoms with Crippen LogP contribution in [0.25, 0.3) is 0 Å². The molecule has 0 spiro atoms. The molecule has 0 saturated heterocycles. The van der Waals surface area contributed by atoms with E-state index in [0.717, 1.165) is 0 Å². The highest BCUT2D eigenvalue weighted by atomic mass is 32.2. The summed E-state index contributed by atoms with van der Waals surface area (Å²) in [6.07, 6.45) is -1.37.